The van der Waals surface area contributed by atoms with Crippen LogP contribution in [0, 0.1) is 0 Å². The molecule has 2 nitrogen and oxygen atoms in total. The van der Waals surface area contributed by atoms with E-state index < -0.39 is 6.10 Å². The molecule has 0 aliphatic rings. The first kappa shape index (κ1) is 9.98. The highest BCUT2D eigenvalue weighted by Crippen LogP contribution is 2.02. The van der Waals surface area contributed by atoms with Crippen molar-refractivity contribution in [3.05, 3.63) is 0 Å². The van der Waals surface area contributed by atoms with Gasteiger partial charge in [-0.15, -0.1) is 0 Å². The second kappa shape index (κ2) is 5.74. The number of Topliss-reactive ketones (excluding diaryl/α,β-unsaturated/α-hetero) is 1. The van der Waals surface area contributed by atoms with E-state index >= 15 is 0 Å². The van der Waals surface area contributed by atoms with Gasteiger partial charge in [-0.3, -0.25) is 4.79 Å². The van der Waals surface area contributed by atoms with Gasteiger partial charge in [0.05, 0.1) is 0 Å². The molecule has 0 saturated heterocycles. The Balaban J connectivity index is 3.41. The lowest BCUT2D eigenvalue weighted by Gasteiger charge is -2.05. The predicted molar refractivity (Wildman–Crippen MR) is 44.3 cm³/mol. The predicted octanol–water partition coefficient (Wildman–Crippen LogP) is 1.08. The maximum absolute atomic E-state index is 10.8. The van der Waals surface area contributed by atoms with Gasteiger partial charge in [-0.25, -0.2) is 0 Å². The molecule has 0 fully saturated rings. The lowest BCUT2D eigenvalue weighted by Crippen LogP contribution is -2.19. The smallest absolute Gasteiger partial charge is 0.161 e. The molecule has 0 rings (SSSR count). The standard InChI is InChI=1S/C7H14O2S/c1-3-6(8)7(9)4-5-10-2/h7,9H,3-5H2,1-2H3. The van der Waals surface area contributed by atoms with Gasteiger partial charge in [0.2, 0.25) is 0 Å². The van der Waals surface area contributed by atoms with Crippen LogP contribution in [0.4, 0.5) is 0 Å². The maximum atomic E-state index is 10.8. The molecule has 0 radical (unpaired) electrons. The van der Waals surface area contributed by atoms with Gasteiger partial charge in [0.15, 0.2) is 5.78 Å². The second-order valence-electron chi connectivity index (χ2n) is 2.12. The molecule has 60 valence electrons. The topological polar surface area (TPSA) is 37.3 Å². The van der Waals surface area contributed by atoms with Crippen molar-refractivity contribution in [3.63, 3.8) is 0 Å². The summed E-state index contributed by atoms with van der Waals surface area (Å²) in [6.45, 7) is 1.77. The third-order valence-corrected chi connectivity index (χ3v) is 1.96. The molecular weight excluding hydrogens is 148 g/mol. The summed E-state index contributed by atoms with van der Waals surface area (Å²) in [7, 11) is 0. The van der Waals surface area contributed by atoms with Crippen LogP contribution in [0.5, 0.6) is 0 Å². The highest BCUT2D eigenvalue weighted by molar-refractivity contribution is 7.98. The second-order valence-corrected chi connectivity index (χ2v) is 3.10. The van der Waals surface area contributed by atoms with Gasteiger partial charge in [0, 0.05) is 6.42 Å². The van der Waals surface area contributed by atoms with Crippen molar-refractivity contribution < 1.29 is 9.90 Å². The van der Waals surface area contributed by atoms with Crippen molar-refractivity contribution >= 4 is 17.5 Å². The summed E-state index contributed by atoms with van der Waals surface area (Å²) in [5, 5.41) is 9.09. The van der Waals surface area contributed by atoms with Crippen molar-refractivity contribution in [3.8, 4) is 0 Å². The number of ketones is 1. The molecule has 0 aliphatic carbocycles. The molecule has 1 unspecified atom stereocenters. The number of aliphatic hydroxyl groups is 1. The molecule has 10 heavy (non-hydrogen) atoms. The van der Waals surface area contributed by atoms with Crippen molar-refractivity contribution in [2.45, 2.75) is 25.9 Å². The Bertz CT molecular complexity index is 104. The Kier molecular flexibility index (Phi) is 5.73. The summed E-state index contributed by atoms with van der Waals surface area (Å²) in [4.78, 5) is 10.8. The Hall–Kier alpha value is -0.0200. The zero-order valence-corrected chi connectivity index (χ0v) is 7.28. The third-order valence-electron chi connectivity index (χ3n) is 1.32. The average molecular weight is 162 g/mol. The molecule has 0 saturated carbocycles. The van der Waals surface area contributed by atoms with E-state index in [-0.39, 0.29) is 5.78 Å². The van der Waals surface area contributed by atoms with Crippen LogP contribution in [0.25, 0.3) is 0 Å². The summed E-state index contributed by atoms with van der Waals surface area (Å²) >= 11 is 1.65. The van der Waals surface area contributed by atoms with E-state index in [0.717, 1.165) is 5.75 Å². The molecule has 0 aromatic rings. The monoisotopic (exact) mass is 162 g/mol. The molecule has 0 aliphatic heterocycles. The third kappa shape index (κ3) is 3.90. The highest BCUT2D eigenvalue weighted by Gasteiger charge is 2.10. The van der Waals surface area contributed by atoms with Crippen LogP contribution in [0.15, 0.2) is 0 Å². The van der Waals surface area contributed by atoms with E-state index in [2.05, 4.69) is 0 Å². The summed E-state index contributed by atoms with van der Waals surface area (Å²) in [6.07, 6.45) is 2.27. The Labute approximate surface area is 66.0 Å². The summed E-state index contributed by atoms with van der Waals surface area (Å²) in [5.41, 5.74) is 0. The summed E-state index contributed by atoms with van der Waals surface area (Å²) in [5.74, 6) is 0.807. The number of carbonyl (C=O) groups excluding carboxylic acids is 1. The molecule has 0 bridgehead atoms. The highest BCUT2D eigenvalue weighted by atomic mass is 32.2. The summed E-state index contributed by atoms with van der Waals surface area (Å²) < 4.78 is 0. The van der Waals surface area contributed by atoms with Crippen molar-refractivity contribution in [2.24, 2.45) is 0 Å². The molecule has 0 heterocycles. The van der Waals surface area contributed by atoms with Crippen molar-refractivity contribution in [1.82, 2.24) is 0 Å². The first-order valence-electron chi connectivity index (χ1n) is 3.42. The largest absolute Gasteiger partial charge is 0.385 e. The SMILES string of the molecule is CCC(=O)C(O)CCSC. The van der Waals surface area contributed by atoms with E-state index in [4.69, 9.17) is 5.11 Å². The van der Waals surface area contributed by atoms with Crippen LogP contribution in [0.3, 0.4) is 0 Å². The van der Waals surface area contributed by atoms with Gasteiger partial charge in [0.1, 0.15) is 6.10 Å². The molecule has 0 amide bonds. The van der Waals surface area contributed by atoms with E-state index in [1.54, 1.807) is 18.7 Å². The average Bonchev–Trinajstić information content (AvgIpc) is 1.98. The van der Waals surface area contributed by atoms with Gasteiger partial charge < -0.3 is 5.11 Å². The van der Waals surface area contributed by atoms with E-state index in [9.17, 15) is 4.79 Å². The Morgan fingerprint density at radius 3 is 2.70 bits per heavy atom. The number of rotatable bonds is 5. The molecule has 1 N–H and O–H groups in total. The van der Waals surface area contributed by atoms with Gasteiger partial charge in [0.25, 0.3) is 0 Å². The molecular formula is C7H14O2S. The molecule has 0 aromatic heterocycles. The first-order valence-corrected chi connectivity index (χ1v) is 4.81. The van der Waals surface area contributed by atoms with E-state index in [1.807, 2.05) is 6.26 Å². The quantitative estimate of drug-likeness (QED) is 0.657. The van der Waals surface area contributed by atoms with Gasteiger partial charge in [-0.1, -0.05) is 6.92 Å². The minimum absolute atomic E-state index is 0.0472. The molecule has 0 spiro atoms. The van der Waals surface area contributed by atoms with E-state index in [0.29, 0.717) is 12.8 Å². The minimum Gasteiger partial charge on any atom is -0.385 e. The fraction of sp³-hybridized carbons (Fsp3) is 0.857. The fourth-order valence-electron chi connectivity index (χ4n) is 0.626. The number of carbonyl (C=O) groups is 1. The van der Waals surface area contributed by atoms with Gasteiger partial charge >= 0.3 is 0 Å². The Morgan fingerprint density at radius 1 is 1.70 bits per heavy atom. The lowest BCUT2D eigenvalue weighted by atomic mass is 10.1. The maximum Gasteiger partial charge on any atom is 0.161 e. The van der Waals surface area contributed by atoms with Crippen LogP contribution >= 0.6 is 11.8 Å². The number of hydrogen-bond donors (Lipinski definition) is 1. The van der Waals surface area contributed by atoms with Crippen LogP contribution < -0.4 is 0 Å². The van der Waals surface area contributed by atoms with E-state index in [1.165, 1.54) is 0 Å². The molecule has 3 heteroatoms. The number of thioether (sulfide) groups is 1. The van der Waals surface area contributed by atoms with Crippen molar-refractivity contribution in [2.75, 3.05) is 12.0 Å². The normalized spacial score (nSPS) is 13.1. The Morgan fingerprint density at radius 2 is 2.30 bits per heavy atom. The van der Waals surface area contributed by atoms with Crippen LogP contribution in [-0.4, -0.2) is 29.0 Å². The van der Waals surface area contributed by atoms with Crippen LogP contribution in [0.1, 0.15) is 19.8 Å². The zero-order valence-electron chi connectivity index (χ0n) is 6.46. The van der Waals surface area contributed by atoms with Crippen LogP contribution in [-0.2, 0) is 4.79 Å². The van der Waals surface area contributed by atoms with Crippen LogP contribution in [0.2, 0.25) is 0 Å². The number of hydrogen-bond acceptors (Lipinski definition) is 3. The number of aliphatic hydroxyl groups excluding tert-OH is 1. The summed E-state index contributed by atoms with van der Waals surface area (Å²) in [6, 6.07) is 0. The van der Waals surface area contributed by atoms with Gasteiger partial charge in [-0.05, 0) is 18.4 Å². The minimum atomic E-state index is -0.725. The first-order chi connectivity index (χ1) is 4.72. The zero-order chi connectivity index (χ0) is 7.98. The fourth-order valence-corrected chi connectivity index (χ4v) is 1.09. The van der Waals surface area contributed by atoms with Gasteiger partial charge in [-0.2, -0.15) is 11.8 Å². The molecule has 0 aromatic carbocycles. The van der Waals surface area contributed by atoms with Crippen molar-refractivity contribution in [1.29, 1.82) is 0 Å². The molecule has 1 atom stereocenters. The lowest BCUT2D eigenvalue weighted by molar-refractivity contribution is -0.126.